The second-order valence-corrected chi connectivity index (χ2v) is 4.49. The van der Waals surface area contributed by atoms with E-state index in [9.17, 15) is 4.79 Å². The van der Waals surface area contributed by atoms with Gasteiger partial charge in [-0.15, -0.1) is 0 Å². The first kappa shape index (κ1) is 14.5. The van der Waals surface area contributed by atoms with Gasteiger partial charge in [-0.1, -0.05) is 18.2 Å². The molecule has 2 rings (SSSR count). The zero-order valence-electron chi connectivity index (χ0n) is 10.6. The van der Waals surface area contributed by atoms with E-state index < -0.39 is 0 Å². The number of aromatic amines is 1. The van der Waals surface area contributed by atoms with E-state index in [4.69, 9.17) is 0 Å². The molecule has 5 heteroatoms. The lowest BCUT2D eigenvalue weighted by molar-refractivity contribution is -0.404. The van der Waals surface area contributed by atoms with Crippen molar-refractivity contribution in [2.75, 3.05) is 14.1 Å². The summed E-state index contributed by atoms with van der Waals surface area (Å²) in [5.74, 6) is 0.0651. The highest BCUT2D eigenvalue weighted by molar-refractivity contribution is 5.85. The van der Waals surface area contributed by atoms with Gasteiger partial charge in [0, 0.05) is 37.6 Å². The van der Waals surface area contributed by atoms with Crippen LogP contribution in [0.2, 0.25) is 0 Å². The van der Waals surface area contributed by atoms with Gasteiger partial charge in [-0.25, -0.2) is 0 Å². The van der Waals surface area contributed by atoms with E-state index in [2.05, 4.69) is 16.8 Å². The van der Waals surface area contributed by atoms with Crippen molar-refractivity contribution in [1.29, 1.82) is 0 Å². The molecule has 1 heterocycles. The molecule has 1 aromatic heterocycles. The fraction of sp³-hybridized carbons (Fsp3) is 0.308. The molecule has 18 heavy (non-hydrogen) atoms. The molecule has 2 aromatic rings. The van der Waals surface area contributed by atoms with Crippen LogP contribution in [0.15, 0.2) is 30.5 Å². The number of quaternary nitrogens is 1. The van der Waals surface area contributed by atoms with Crippen LogP contribution >= 0.6 is 0 Å². The van der Waals surface area contributed by atoms with Crippen LogP contribution in [-0.4, -0.2) is 35.9 Å². The standard InChI is InChI=1S/C13H17N3O.ClH/c1-16(2)13(17)11(14)7-9-8-15-12-6-4-3-5-10(9)12;/h3-6,8,11,15H,7,14H2,1-2H3;1H/t11-;/m0./s1. The van der Waals surface area contributed by atoms with Gasteiger partial charge in [0.1, 0.15) is 0 Å². The number of hydrogen-bond acceptors (Lipinski definition) is 1. The van der Waals surface area contributed by atoms with Crippen LogP contribution in [-0.2, 0) is 11.2 Å². The highest BCUT2D eigenvalue weighted by Crippen LogP contribution is 2.18. The van der Waals surface area contributed by atoms with Gasteiger partial charge in [0.25, 0.3) is 5.91 Å². The second kappa shape index (κ2) is 5.89. The number of H-pyrrole nitrogens is 1. The molecule has 0 bridgehead atoms. The first-order valence-corrected chi connectivity index (χ1v) is 5.69. The first-order chi connectivity index (χ1) is 8.09. The van der Waals surface area contributed by atoms with Crippen molar-refractivity contribution in [1.82, 2.24) is 9.88 Å². The Bertz CT molecular complexity index is 536. The minimum atomic E-state index is -0.232. The summed E-state index contributed by atoms with van der Waals surface area (Å²) in [6.07, 6.45) is 2.63. The average molecular weight is 268 g/mol. The lowest BCUT2D eigenvalue weighted by Crippen LogP contribution is -3.00. The Morgan fingerprint density at radius 2 is 2.06 bits per heavy atom. The Balaban J connectivity index is 0.00000162. The fourth-order valence-corrected chi connectivity index (χ4v) is 2.02. The third-order valence-corrected chi connectivity index (χ3v) is 2.93. The molecular weight excluding hydrogens is 250 g/mol. The van der Waals surface area contributed by atoms with Gasteiger partial charge in [-0.2, -0.15) is 0 Å². The Morgan fingerprint density at radius 3 is 2.72 bits per heavy atom. The Morgan fingerprint density at radius 1 is 1.39 bits per heavy atom. The number of amides is 1. The van der Waals surface area contributed by atoms with Crippen LogP contribution in [0.3, 0.4) is 0 Å². The van der Waals surface area contributed by atoms with Crippen LogP contribution < -0.4 is 18.1 Å². The van der Waals surface area contributed by atoms with Crippen LogP contribution in [0.25, 0.3) is 10.9 Å². The van der Waals surface area contributed by atoms with Gasteiger partial charge in [-0.05, 0) is 11.6 Å². The molecule has 1 aromatic carbocycles. The SMILES string of the molecule is CN(C)C(=O)[C@@H]([NH3+])Cc1c[nH]c2ccccc12.[Cl-]. The lowest BCUT2D eigenvalue weighted by Gasteiger charge is -2.13. The average Bonchev–Trinajstić information content (AvgIpc) is 2.71. The number of rotatable bonds is 3. The van der Waals surface area contributed by atoms with Crippen molar-refractivity contribution in [3.63, 3.8) is 0 Å². The molecule has 0 unspecified atom stereocenters. The summed E-state index contributed by atoms with van der Waals surface area (Å²) in [4.78, 5) is 16.6. The first-order valence-electron chi connectivity index (χ1n) is 5.69. The van der Waals surface area contributed by atoms with Gasteiger partial charge >= 0.3 is 0 Å². The molecule has 0 aliphatic heterocycles. The second-order valence-electron chi connectivity index (χ2n) is 4.49. The number of nitrogens with one attached hydrogen (secondary N) is 1. The third-order valence-electron chi connectivity index (χ3n) is 2.93. The highest BCUT2D eigenvalue weighted by Gasteiger charge is 2.20. The molecule has 1 amide bonds. The van der Waals surface area contributed by atoms with E-state index in [1.54, 1.807) is 19.0 Å². The van der Waals surface area contributed by atoms with Crippen molar-refractivity contribution < 1.29 is 22.9 Å². The minimum absolute atomic E-state index is 0. The third kappa shape index (κ3) is 2.83. The van der Waals surface area contributed by atoms with E-state index in [0.29, 0.717) is 6.42 Å². The monoisotopic (exact) mass is 267 g/mol. The molecule has 4 nitrogen and oxygen atoms in total. The highest BCUT2D eigenvalue weighted by atomic mass is 35.5. The number of fused-ring (bicyclic) bond motifs is 1. The van der Waals surface area contributed by atoms with E-state index in [1.165, 1.54) is 5.39 Å². The van der Waals surface area contributed by atoms with E-state index in [1.807, 2.05) is 24.4 Å². The predicted molar refractivity (Wildman–Crippen MR) is 67.4 cm³/mol. The predicted octanol–water partition coefficient (Wildman–Crippen LogP) is -2.59. The summed E-state index contributed by atoms with van der Waals surface area (Å²) >= 11 is 0. The van der Waals surface area contributed by atoms with Crippen molar-refractivity contribution in [3.05, 3.63) is 36.0 Å². The molecule has 0 saturated heterocycles. The molecule has 0 spiro atoms. The summed E-state index contributed by atoms with van der Waals surface area (Å²) in [6.45, 7) is 0. The van der Waals surface area contributed by atoms with E-state index in [-0.39, 0.29) is 24.4 Å². The number of nitrogens with zero attached hydrogens (tertiary/aromatic N) is 1. The molecule has 0 aliphatic rings. The van der Waals surface area contributed by atoms with Crippen molar-refractivity contribution in [3.8, 4) is 0 Å². The maximum absolute atomic E-state index is 11.8. The lowest BCUT2D eigenvalue weighted by atomic mass is 10.0. The van der Waals surface area contributed by atoms with Crippen LogP contribution in [0, 0.1) is 0 Å². The summed E-state index contributed by atoms with van der Waals surface area (Å²) in [7, 11) is 3.52. The molecular formula is C13H18ClN3O. The summed E-state index contributed by atoms with van der Waals surface area (Å²) in [6, 6.07) is 7.86. The number of para-hydroxylation sites is 1. The fourth-order valence-electron chi connectivity index (χ4n) is 2.02. The Hall–Kier alpha value is -1.52. The quantitative estimate of drug-likeness (QED) is 0.630. The van der Waals surface area contributed by atoms with Crippen LogP contribution in [0.4, 0.5) is 0 Å². The smallest absolute Gasteiger partial charge is 0.280 e. The number of likely N-dealkylation sites (N-methyl/N-ethyl adjacent to an activating group) is 1. The molecule has 4 N–H and O–H groups in total. The molecule has 98 valence electrons. The van der Waals surface area contributed by atoms with Gasteiger partial charge in [0.15, 0.2) is 6.04 Å². The zero-order chi connectivity index (χ0) is 12.4. The number of carbonyl (C=O) groups excluding carboxylic acids is 1. The Labute approximate surface area is 113 Å². The largest absolute Gasteiger partial charge is 1.00 e. The minimum Gasteiger partial charge on any atom is -1.00 e. The Kier molecular flexibility index (Phi) is 4.76. The van der Waals surface area contributed by atoms with Gasteiger partial charge in [-0.3, -0.25) is 4.79 Å². The number of aromatic nitrogens is 1. The summed E-state index contributed by atoms with van der Waals surface area (Å²) in [5, 5.41) is 1.17. The normalized spacial score (nSPS) is 11.9. The number of benzene rings is 1. The summed E-state index contributed by atoms with van der Waals surface area (Å²) in [5.41, 5.74) is 6.19. The van der Waals surface area contributed by atoms with Gasteiger partial charge in [0.2, 0.25) is 0 Å². The molecule has 0 fully saturated rings. The molecule has 1 atom stereocenters. The van der Waals surface area contributed by atoms with E-state index in [0.717, 1.165) is 11.1 Å². The number of hydrogen-bond donors (Lipinski definition) is 2. The van der Waals surface area contributed by atoms with Crippen molar-refractivity contribution in [2.45, 2.75) is 12.5 Å². The van der Waals surface area contributed by atoms with Crippen LogP contribution in [0.1, 0.15) is 5.56 Å². The maximum Gasteiger partial charge on any atom is 0.280 e. The summed E-state index contributed by atoms with van der Waals surface area (Å²) < 4.78 is 0. The molecule has 0 aliphatic carbocycles. The maximum atomic E-state index is 11.8. The van der Waals surface area contributed by atoms with Gasteiger partial charge < -0.3 is 28.0 Å². The number of carbonyl (C=O) groups is 1. The molecule has 0 radical (unpaired) electrons. The van der Waals surface area contributed by atoms with Crippen molar-refractivity contribution >= 4 is 16.8 Å². The topological polar surface area (TPSA) is 63.7 Å². The van der Waals surface area contributed by atoms with E-state index >= 15 is 0 Å². The molecule has 0 saturated carbocycles. The zero-order valence-corrected chi connectivity index (χ0v) is 11.4. The number of halogens is 1. The van der Waals surface area contributed by atoms with Gasteiger partial charge in [0.05, 0.1) is 0 Å². The van der Waals surface area contributed by atoms with Crippen LogP contribution in [0.5, 0.6) is 0 Å². The van der Waals surface area contributed by atoms with Crippen molar-refractivity contribution in [2.24, 2.45) is 0 Å².